The molecule has 0 spiro atoms. The van der Waals surface area contributed by atoms with Crippen molar-refractivity contribution in [3.05, 3.63) is 102 Å². The fourth-order valence-electron chi connectivity index (χ4n) is 3.46. The van der Waals surface area contributed by atoms with Gasteiger partial charge in [-0.1, -0.05) is 78.9 Å². The number of anilines is 1. The van der Waals surface area contributed by atoms with E-state index in [1.54, 1.807) is 60.7 Å². The highest BCUT2D eigenvalue weighted by molar-refractivity contribution is 6.17. The van der Waals surface area contributed by atoms with E-state index in [1.807, 2.05) is 12.1 Å². The summed E-state index contributed by atoms with van der Waals surface area (Å²) in [5.74, 6) is -2.35. The van der Waals surface area contributed by atoms with Gasteiger partial charge in [-0.2, -0.15) is 0 Å². The Bertz CT molecular complexity index is 1090. The van der Waals surface area contributed by atoms with E-state index < -0.39 is 29.4 Å². The molecule has 3 aromatic rings. The number of nitrogens with zero attached hydrogens (tertiary/aromatic N) is 1. The number of para-hydroxylation sites is 1. The van der Waals surface area contributed by atoms with Gasteiger partial charge in [0.2, 0.25) is 5.54 Å². The van der Waals surface area contributed by atoms with Gasteiger partial charge in [0.15, 0.2) is 5.78 Å². The Morgan fingerprint density at radius 1 is 0.970 bits per heavy atom. The van der Waals surface area contributed by atoms with Crippen molar-refractivity contribution >= 4 is 23.5 Å². The van der Waals surface area contributed by atoms with Gasteiger partial charge in [0.05, 0.1) is 11.7 Å². The second kappa shape index (κ2) is 10.6. The zero-order chi connectivity index (χ0) is 23.8. The number of aliphatic carboxylic acids is 1. The molecular weight excluding hydrogens is 420 g/mol. The number of benzene rings is 3. The molecule has 1 radical (unpaired) electrons. The molecular formula is C26H25N2O5. The number of ketones is 1. The molecule has 2 atom stereocenters. The molecule has 7 heteroatoms. The number of carboxylic acid groups (broad SMARTS) is 1. The molecule has 0 saturated heterocycles. The van der Waals surface area contributed by atoms with Crippen molar-refractivity contribution in [1.82, 2.24) is 0 Å². The van der Waals surface area contributed by atoms with Crippen LogP contribution < -0.4 is 10.6 Å². The quantitative estimate of drug-likeness (QED) is 0.487. The zero-order valence-electron chi connectivity index (χ0n) is 18.2. The van der Waals surface area contributed by atoms with Crippen LogP contribution >= 0.6 is 0 Å². The number of amides is 1. The summed E-state index contributed by atoms with van der Waals surface area (Å²) in [5, 5.41) is 10.1. The van der Waals surface area contributed by atoms with E-state index in [1.165, 1.54) is 12.1 Å². The second-order valence-electron chi connectivity index (χ2n) is 7.66. The molecule has 7 nitrogen and oxygen atoms in total. The van der Waals surface area contributed by atoms with Gasteiger partial charge in [0.25, 0.3) is 0 Å². The van der Waals surface area contributed by atoms with Crippen LogP contribution in [0.3, 0.4) is 0 Å². The molecule has 169 valence electrons. The minimum atomic E-state index is -2.32. The molecule has 0 aliphatic carbocycles. The molecule has 3 N–H and O–H groups in total. The summed E-state index contributed by atoms with van der Waals surface area (Å²) < 4.78 is 5.40. The smallest absolute Gasteiger partial charge is 0.416 e. The number of nitrogens with two attached hydrogens (primary N) is 1. The van der Waals surface area contributed by atoms with Crippen molar-refractivity contribution in [2.75, 3.05) is 4.90 Å². The monoisotopic (exact) mass is 445 g/mol. The van der Waals surface area contributed by atoms with E-state index in [4.69, 9.17) is 10.5 Å². The molecule has 2 unspecified atom stereocenters. The molecule has 0 aromatic heterocycles. The van der Waals surface area contributed by atoms with Gasteiger partial charge in [0, 0.05) is 6.07 Å². The Morgan fingerprint density at radius 3 is 2.09 bits per heavy atom. The van der Waals surface area contributed by atoms with Gasteiger partial charge in [-0.05, 0) is 30.5 Å². The van der Waals surface area contributed by atoms with Gasteiger partial charge < -0.3 is 15.6 Å². The van der Waals surface area contributed by atoms with E-state index in [0.29, 0.717) is 5.56 Å². The van der Waals surface area contributed by atoms with Crippen LogP contribution in [0.4, 0.5) is 10.5 Å². The Balaban J connectivity index is 1.94. The predicted molar refractivity (Wildman–Crippen MR) is 124 cm³/mol. The van der Waals surface area contributed by atoms with Crippen LogP contribution in [-0.4, -0.2) is 34.5 Å². The van der Waals surface area contributed by atoms with E-state index in [9.17, 15) is 19.5 Å². The highest BCUT2D eigenvalue weighted by Gasteiger charge is 2.52. The van der Waals surface area contributed by atoms with Crippen LogP contribution in [0.1, 0.15) is 18.1 Å². The predicted octanol–water partition coefficient (Wildman–Crippen LogP) is 3.61. The van der Waals surface area contributed by atoms with Crippen molar-refractivity contribution in [1.29, 1.82) is 0 Å². The first-order valence-electron chi connectivity index (χ1n) is 10.4. The molecule has 1 amide bonds. The lowest BCUT2D eigenvalue weighted by atomic mass is 9.86. The molecule has 0 aliphatic rings. The molecule has 3 rings (SSSR count). The highest BCUT2D eigenvalue weighted by Crippen LogP contribution is 2.28. The first-order valence-corrected chi connectivity index (χ1v) is 10.4. The second-order valence-corrected chi connectivity index (χ2v) is 7.66. The molecule has 0 heterocycles. The minimum Gasteiger partial charge on any atom is -0.479 e. The van der Waals surface area contributed by atoms with Gasteiger partial charge in [0.1, 0.15) is 6.61 Å². The zero-order valence-corrected chi connectivity index (χ0v) is 18.2. The number of ether oxygens (including phenoxy) is 1. The lowest BCUT2D eigenvalue weighted by Gasteiger charge is -2.37. The number of hydrogen-bond acceptors (Lipinski definition) is 5. The summed E-state index contributed by atoms with van der Waals surface area (Å²) in [6, 6.07) is 25.9. The van der Waals surface area contributed by atoms with E-state index in [2.05, 4.69) is 6.07 Å². The maximum Gasteiger partial charge on any atom is 0.416 e. The van der Waals surface area contributed by atoms with E-state index >= 15 is 0 Å². The fraction of sp³-hybridized carbons (Fsp3) is 0.192. The van der Waals surface area contributed by atoms with Gasteiger partial charge in [-0.25, -0.2) is 9.59 Å². The van der Waals surface area contributed by atoms with Crippen LogP contribution in [0.25, 0.3) is 0 Å². The average Bonchev–Trinajstić information content (AvgIpc) is 2.84. The van der Waals surface area contributed by atoms with Gasteiger partial charge in [-0.3, -0.25) is 9.69 Å². The lowest BCUT2D eigenvalue weighted by Crippen LogP contribution is -2.64. The summed E-state index contributed by atoms with van der Waals surface area (Å²) in [4.78, 5) is 39.9. The van der Waals surface area contributed by atoms with Crippen molar-refractivity contribution in [3.8, 4) is 0 Å². The summed E-state index contributed by atoms with van der Waals surface area (Å²) in [6.45, 7) is 1.07. The first-order chi connectivity index (χ1) is 15.8. The highest BCUT2D eigenvalue weighted by atomic mass is 16.6. The largest absolute Gasteiger partial charge is 0.479 e. The lowest BCUT2D eigenvalue weighted by molar-refractivity contribution is -0.148. The SMILES string of the molecule is CC(C(=O)O)(C(=O)C(N)Cc1ccccc1)N(C(=O)OCc1ccccc1)c1[c]cccc1. The summed E-state index contributed by atoms with van der Waals surface area (Å²) in [7, 11) is 0. The molecule has 33 heavy (non-hydrogen) atoms. The van der Waals surface area contributed by atoms with Gasteiger partial charge >= 0.3 is 12.1 Å². The number of carboxylic acids is 1. The van der Waals surface area contributed by atoms with Gasteiger partial charge in [-0.15, -0.1) is 0 Å². The Labute approximate surface area is 192 Å². The summed E-state index contributed by atoms with van der Waals surface area (Å²) >= 11 is 0. The van der Waals surface area contributed by atoms with Crippen LogP contribution in [0.5, 0.6) is 0 Å². The van der Waals surface area contributed by atoms with Crippen molar-refractivity contribution in [2.45, 2.75) is 31.5 Å². The maximum atomic E-state index is 13.4. The summed E-state index contributed by atoms with van der Waals surface area (Å²) in [5.41, 5.74) is 5.41. The van der Waals surface area contributed by atoms with E-state index in [-0.39, 0.29) is 18.7 Å². The van der Waals surface area contributed by atoms with Crippen molar-refractivity contribution < 1.29 is 24.2 Å². The first kappa shape index (κ1) is 23.7. The van der Waals surface area contributed by atoms with Crippen LogP contribution in [0, 0.1) is 6.07 Å². The van der Waals surface area contributed by atoms with E-state index in [0.717, 1.165) is 17.4 Å². The topological polar surface area (TPSA) is 110 Å². The number of carbonyl (C=O) groups excluding carboxylic acids is 2. The maximum absolute atomic E-state index is 13.4. The molecule has 0 fully saturated rings. The average molecular weight is 445 g/mol. The Hall–Kier alpha value is -3.97. The third-order valence-electron chi connectivity index (χ3n) is 5.30. The third kappa shape index (κ3) is 5.45. The van der Waals surface area contributed by atoms with Crippen LogP contribution in [0.15, 0.2) is 84.9 Å². The van der Waals surface area contributed by atoms with Crippen molar-refractivity contribution in [3.63, 3.8) is 0 Å². The minimum absolute atomic E-state index is 0.0840. The van der Waals surface area contributed by atoms with Crippen molar-refractivity contribution in [2.24, 2.45) is 5.73 Å². The normalized spacial score (nSPS) is 13.4. The third-order valence-corrected chi connectivity index (χ3v) is 5.30. The molecule has 3 aromatic carbocycles. The standard InChI is InChI=1S/C26H25N2O5/c1-26(24(30)31,23(29)22(27)17-19-11-5-2-6-12-19)28(21-15-9-4-10-16-21)25(32)33-18-20-13-7-3-8-14-20/h2-15,22H,17-18,27H2,1H3,(H,30,31). The number of Topliss-reactive ketones (excluding diaryl/α,β-unsaturated/α-hetero) is 1. The number of carbonyl (C=O) groups is 3. The molecule has 0 saturated carbocycles. The fourth-order valence-corrected chi connectivity index (χ4v) is 3.46. The van der Waals surface area contributed by atoms with Crippen LogP contribution in [0.2, 0.25) is 0 Å². The number of rotatable bonds is 9. The molecule has 0 aliphatic heterocycles. The molecule has 0 bridgehead atoms. The summed E-state index contributed by atoms with van der Waals surface area (Å²) in [6.07, 6.45) is -0.875. The Morgan fingerprint density at radius 2 is 1.55 bits per heavy atom. The number of hydrogen-bond donors (Lipinski definition) is 2. The Kier molecular flexibility index (Phi) is 7.58. The van der Waals surface area contributed by atoms with Crippen LogP contribution in [-0.2, 0) is 27.4 Å².